The van der Waals surface area contributed by atoms with Crippen LogP contribution in [0.25, 0.3) is 0 Å². The van der Waals surface area contributed by atoms with Gasteiger partial charge in [-0.1, -0.05) is 20.3 Å². The van der Waals surface area contributed by atoms with Crippen LogP contribution < -0.4 is 5.73 Å². The first-order valence-electron chi connectivity index (χ1n) is 4.48. The molecule has 1 aliphatic rings. The third kappa shape index (κ3) is 2.17. The van der Waals surface area contributed by atoms with E-state index in [-0.39, 0.29) is 0 Å². The molecule has 0 amide bonds. The second-order valence-electron chi connectivity index (χ2n) is 4.02. The first-order valence-corrected chi connectivity index (χ1v) is 4.48. The van der Waals surface area contributed by atoms with E-state index in [9.17, 15) is 0 Å². The highest BCUT2D eigenvalue weighted by Crippen LogP contribution is 2.34. The number of ether oxygens (including phenoxy) is 1. The summed E-state index contributed by atoms with van der Waals surface area (Å²) >= 11 is 0. The highest BCUT2D eigenvalue weighted by atomic mass is 16.5. The lowest BCUT2D eigenvalue weighted by Crippen LogP contribution is -2.42. The quantitative estimate of drug-likeness (QED) is 0.669. The first-order chi connectivity index (χ1) is 5.20. The molecule has 1 rings (SSSR count). The minimum Gasteiger partial charge on any atom is -0.380 e. The van der Waals surface area contributed by atoms with Gasteiger partial charge in [0.25, 0.3) is 0 Å². The largest absolute Gasteiger partial charge is 0.380 e. The van der Waals surface area contributed by atoms with Crippen LogP contribution in [0.3, 0.4) is 0 Å². The zero-order chi connectivity index (χ0) is 8.32. The van der Waals surface area contributed by atoms with Crippen molar-refractivity contribution in [1.82, 2.24) is 0 Å². The van der Waals surface area contributed by atoms with Crippen LogP contribution in [0.1, 0.15) is 26.7 Å². The van der Waals surface area contributed by atoms with Gasteiger partial charge in [-0.3, -0.25) is 0 Å². The van der Waals surface area contributed by atoms with Gasteiger partial charge in [0.2, 0.25) is 0 Å². The molecule has 0 aromatic heterocycles. The van der Waals surface area contributed by atoms with Gasteiger partial charge in [-0.15, -0.1) is 0 Å². The van der Waals surface area contributed by atoms with Crippen molar-refractivity contribution in [2.45, 2.75) is 26.7 Å². The summed E-state index contributed by atoms with van der Waals surface area (Å²) in [6.45, 7) is 7.19. The van der Waals surface area contributed by atoms with Crippen LogP contribution in [0.4, 0.5) is 0 Å². The van der Waals surface area contributed by atoms with Gasteiger partial charge in [0.05, 0.1) is 13.2 Å². The van der Waals surface area contributed by atoms with E-state index in [1.165, 1.54) is 12.8 Å². The predicted octanol–water partition coefficient (Wildman–Crippen LogP) is 1.40. The van der Waals surface area contributed by atoms with E-state index in [0.717, 1.165) is 19.8 Å². The van der Waals surface area contributed by atoms with Crippen molar-refractivity contribution < 1.29 is 4.74 Å². The number of rotatable bonds is 4. The van der Waals surface area contributed by atoms with E-state index < -0.39 is 0 Å². The Morgan fingerprint density at radius 2 is 2.18 bits per heavy atom. The monoisotopic (exact) mass is 157 g/mol. The topological polar surface area (TPSA) is 35.2 Å². The van der Waals surface area contributed by atoms with Gasteiger partial charge in [-0.25, -0.2) is 0 Å². The van der Waals surface area contributed by atoms with Crippen molar-refractivity contribution in [2.75, 3.05) is 19.8 Å². The van der Waals surface area contributed by atoms with Crippen molar-refractivity contribution in [3.8, 4) is 0 Å². The van der Waals surface area contributed by atoms with Crippen molar-refractivity contribution in [2.24, 2.45) is 17.1 Å². The fourth-order valence-electron chi connectivity index (χ4n) is 1.66. The Kier molecular flexibility index (Phi) is 2.90. The van der Waals surface area contributed by atoms with Gasteiger partial charge in [0.15, 0.2) is 0 Å². The molecule has 0 aromatic rings. The molecule has 0 saturated carbocycles. The third-order valence-corrected chi connectivity index (χ3v) is 2.59. The molecule has 0 spiro atoms. The van der Waals surface area contributed by atoms with Crippen LogP contribution in [-0.4, -0.2) is 19.8 Å². The van der Waals surface area contributed by atoms with E-state index in [4.69, 9.17) is 10.5 Å². The molecule has 1 aliphatic heterocycles. The Morgan fingerprint density at radius 3 is 2.45 bits per heavy atom. The van der Waals surface area contributed by atoms with Crippen LogP contribution in [0, 0.1) is 11.3 Å². The zero-order valence-electron chi connectivity index (χ0n) is 7.60. The van der Waals surface area contributed by atoms with Crippen molar-refractivity contribution in [3.05, 3.63) is 0 Å². The molecule has 0 aromatic carbocycles. The lowest BCUT2D eigenvalue weighted by molar-refractivity contribution is -0.112. The molecular formula is C9H19NO. The van der Waals surface area contributed by atoms with Crippen molar-refractivity contribution in [1.29, 1.82) is 0 Å². The highest BCUT2D eigenvalue weighted by molar-refractivity contribution is 4.83. The van der Waals surface area contributed by atoms with Crippen LogP contribution >= 0.6 is 0 Å². The van der Waals surface area contributed by atoms with Gasteiger partial charge in [-0.05, 0) is 18.9 Å². The Morgan fingerprint density at radius 1 is 1.55 bits per heavy atom. The number of hydrogen-bond donors (Lipinski definition) is 1. The molecule has 11 heavy (non-hydrogen) atoms. The molecule has 2 heteroatoms. The molecule has 0 radical (unpaired) electrons. The second-order valence-corrected chi connectivity index (χ2v) is 4.02. The van der Waals surface area contributed by atoms with Crippen molar-refractivity contribution >= 4 is 0 Å². The lowest BCUT2D eigenvalue weighted by Gasteiger charge is -2.40. The number of hydrogen-bond acceptors (Lipinski definition) is 2. The molecule has 1 saturated heterocycles. The predicted molar refractivity (Wildman–Crippen MR) is 46.4 cm³/mol. The highest BCUT2D eigenvalue weighted by Gasteiger charge is 2.34. The van der Waals surface area contributed by atoms with E-state index in [1.807, 2.05) is 0 Å². The maximum Gasteiger partial charge on any atom is 0.0542 e. The second kappa shape index (κ2) is 3.55. The molecule has 2 N–H and O–H groups in total. The molecule has 1 atom stereocenters. The molecule has 1 fully saturated rings. The summed E-state index contributed by atoms with van der Waals surface area (Å²) in [4.78, 5) is 0. The van der Waals surface area contributed by atoms with E-state index in [1.54, 1.807) is 0 Å². The SMILES string of the molecule is CCC(CN)CC1(C)COC1. The van der Waals surface area contributed by atoms with Gasteiger partial charge in [-0.2, -0.15) is 0 Å². The van der Waals surface area contributed by atoms with Crippen LogP contribution in [0.5, 0.6) is 0 Å². The van der Waals surface area contributed by atoms with E-state index in [2.05, 4.69) is 13.8 Å². The van der Waals surface area contributed by atoms with Crippen LogP contribution in [0.15, 0.2) is 0 Å². The van der Waals surface area contributed by atoms with Gasteiger partial charge < -0.3 is 10.5 Å². The Labute approximate surface area is 69.1 Å². The summed E-state index contributed by atoms with van der Waals surface area (Å²) in [6.07, 6.45) is 2.44. The van der Waals surface area contributed by atoms with Gasteiger partial charge in [0.1, 0.15) is 0 Å². The zero-order valence-corrected chi connectivity index (χ0v) is 7.60. The lowest BCUT2D eigenvalue weighted by atomic mass is 9.78. The summed E-state index contributed by atoms with van der Waals surface area (Å²) in [6, 6.07) is 0. The van der Waals surface area contributed by atoms with Gasteiger partial charge in [0, 0.05) is 5.41 Å². The third-order valence-electron chi connectivity index (χ3n) is 2.59. The average Bonchev–Trinajstić information content (AvgIpc) is 1.97. The summed E-state index contributed by atoms with van der Waals surface area (Å²) in [5, 5.41) is 0. The van der Waals surface area contributed by atoms with E-state index in [0.29, 0.717) is 11.3 Å². The Hall–Kier alpha value is -0.0800. The average molecular weight is 157 g/mol. The molecule has 0 bridgehead atoms. The number of nitrogens with two attached hydrogens (primary N) is 1. The minimum atomic E-state index is 0.444. The van der Waals surface area contributed by atoms with Crippen LogP contribution in [-0.2, 0) is 4.74 Å². The molecular weight excluding hydrogens is 138 g/mol. The maximum absolute atomic E-state index is 5.63. The van der Waals surface area contributed by atoms with Gasteiger partial charge >= 0.3 is 0 Å². The molecule has 1 heterocycles. The van der Waals surface area contributed by atoms with Crippen LogP contribution in [0.2, 0.25) is 0 Å². The normalized spacial score (nSPS) is 24.3. The molecule has 2 nitrogen and oxygen atoms in total. The standard InChI is InChI=1S/C9H19NO/c1-3-8(5-10)4-9(2)6-11-7-9/h8H,3-7,10H2,1-2H3. The molecule has 66 valence electrons. The Bertz CT molecular complexity index is 117. The molecule has 1 unspecified atom stereocenters. The summed E-state index contributed by atoms with van der Waals surface area (Å²) in [7, 11) is 0. The summed E-state index contributed by atoms with van der Waals surface area (Å²) < 4.78 is 5.19. The Balaban J connectivity index is 2.27. The fraction of sp³-hybridized carbons (Fsp3) is 1.00. The van der Waals surface area contributed by atoms with Crippen molar-refractivity contribution in [3.63, 3.8) is 0 Å². The first kappa shape index (κ1) is 9.01. The maximum atomic E-state index is 5.63. The minimum absolute atomic E-state index is 0.444. The smallest absolute Gasteiger partial charge is 0.0542 e. The summed E-state index contributed by atoms with van der Waals surface area (Å²) in [5.74, 6) is 0.698. The fourth-order valence-corrected chi connectivity index (χ4v) is 1.66. The summed E-state index contributed by atoms with van der Waals surface area (Å²) in [5.41, 5.74) is 6.07. The molecule has 0 aliphatic carbocycles. The van der Waals surface area contributed by atoms with E-state index >= 15 is 0 Å².